The predicted octanol–water partition coefficient (Wildman–Crippen LogP) is 3.29. The monoisotopic (exact) mass is 225 g/mol. The molecule has 0 saturated heterocycles. The summed E-state index contributed by atoms with van der Waals surface area (Å²) in [5.74, 6) is 0.345. The summed E-state index contributed by atoms with van der Waals surface area (Å²) >= 11 is 0. The van der Waals surface area contributed by atoms with Gasteiger partial charge in [-0.2, -0.15) is 0 Å². The van der Waals surface area contributed by atoms with Crippen LogP contribution >= 0.6 is 0 Å². The Balaban J connectivity index is 2.64. The molecule has 2 nitrogen and oxygen atoms in total. The zero-order chi connectivity index (χ0) is 12.0. The molecule has 0 heterocycles. The SMILES string of the molecule is CCCCNC(C)c1ccc(OC)cc1F. The lowest BCUT2D eigenvalue weighted by atomic mass is 10.1. The van der Waals surface area contributed by atoms with E-state index >= 15 is 0 Å². The van der Waals surface area contributed by atoms with Crippen molar-refractivity contribution < 1.29 is 9.13 Å². The maximum atomic E-state index is 13.7. The van der Waals surface area contributed by atoms with Gasteiger partial charge < -0.3 is 10.1 Å². The Hall–Kier alpha value is -1.09. The minimum atomic E-state index is -0.212. The van der Waals surface area contributed by atoms with E-state index in [1.165, 1.54) is 13.2 Å². The minimum absolute atomic E-state index is 0.0393. The van der Waals surface area contributed by atoms with E-state index in [-0.39, 0.29) is 11.9 Å². The van der Waals surface area contributed by atoms with Crippen LogP contribution in [0.1, 0.15) is 38.3 Å². The van der Waals surface area contributed by atoms with Gasteiger partial charge in [0.25, 0.3) is 0 Å². The number of nitrogens with one attached hydrogen (secondary N) is 1. The van der Waals surface area contributed by atoms with Gasteiger partial charge in [0.15, 0.2) is 0 Å². The highest BCUT2D eigenvalue weighted by Crippen LogP contribution is 2.21. The third kappa shape index (κ3) is 3.49. The molecular formula is C13H20FNO. The van der Waals surface area contributed by atoms with E-state index in [2.05, 4.69) is 12.2 Å². The second-order valence-electron chi connectivity index (χ2n) is 3.92. The van der Waals surface area contributed by atoms with Crippen molar-refractivity contribution in [1.29, 1.82) is 0 Å². The number of halogens is 1. The summed E-state index contributed by atoms with van der Waals surface area (Å²) in [5, 5.41) is 3.30. The lowest BCUT2D eigenvalue weighted by molar-refractivity contribution is 0.409. The highest BCUT2D eigenvalue weighted by atomic mass is 19.1. The molecule has 0 radical (unpaired) electrons. The van der Waals surface area contributed by atoms with Crippen molar-refractivity contribution in [2.45, 2.75) is 32.7 Å². The van der Waals surface area contributed by atoms with E-state index in [1.54, 1.807) is 12.1 Å². The molecule has 1 N–H and O–H groups in total. The molecule has 1 aromatic rings. The van der Waals surface area contributed by atoms with Gasteiger partial charge in [-0.15, -0.1) is 0 Å². The van der Waals surface area contributed by atoms with Gasteiger partial charge in [-0.3, -0.25) is 0 Å². The average Bonchev–Trinajstić information content (AvgIpc) is 2.29. The van der Waals surface area contributed by atoms with Crippen LogP contribution in [0.3, 0.4) is 0 Å². The lowest BCUT2D eigenvalue weighted by Crippen LogP contribution is -2.20. The molecule has 0 aromatic heterocycles. The zero-order valence-electron chi connectivity index (χ0n) is 10.2. The summed E-state index contributed by atoms with van der Waals surface area (Å²) in [7, 11) is 1.54. The fraction of sp³-hybridized carbons (Fsp3) is 0.538. The molecule has 0 saturated carbocycles. The lowest BCUT2D eigenvalue weighted by Gasteiger charge is -2.15. The van der Waals surface area contributed by atoms with Crippen molar-refractivity contribution in [2.75, 3.05) is 13.7 Å². The summed E-state index contributed by atoms with van der Waals surface area (Å²) in [6, 6.07) is 5.03. The molecule has 0 amide bonds. The van der Waals surface area contributed by atoms with Crippen molar-refractivity contribution in [3.8, 4) is 5.75 Å². The van der Waals surface area contributed by atoms with Crippen LogP contribution in [0.15, 0.2) is 18.2 Å². The van der Waals surface area contributed by atoms with Gasteiger partial charge in [-0.25, -0.2) is 4.39 Å². The molecular weight excluding hydrogens is 205 g/mol. The van der Waals surface area contributed by atoms with Crippen LogP contribution in [0.5, 0.6) is 5.75 Å². The quantitative estimate of drug-likeness (QED) is 0.750. The Kier molecular flexibility index (Phi) is 5.26. The predicted molar refractivity (Wildman–Crippen MR) is 64.3 cm³/mol. The van der Waals surface area contributed by atoms with Crippen LogP contribution < -0.4 is 10.1 Å². The van der Waals surface area contributed by atoms with Crippen molar-refractivity contribution in [3.05, 3.63) is 29.6 Å². The Morgan fingerprint density at radius 3 is 2.75 bits per heavy atom. The highest BCUT2D eigenvalue weighted by molar-refractivity contribution is 5.30. The molecule has 90 valence electrons. The maximum Gasteiger partial charge on any atom is 0.131 e. The molecule has 0 fully saturated rings. The molecule has 0 aliphatic heterocycles. The van der Waals surface area contributed by atoms with Gasteiger partial charge in [0.2, 0.25) is 0 Å². The third-order valence-electron chi connectivity index (χ3n) is 2.65. The fourth-order valence-electron chi connectivity index (χ4n) is 1.59. The van der Waals surface area contributed by atoms with Crippen LogP contribution in [0.25, 0.3) is 0 Å². The van der Waals surface area contributed by atoms with E-state index in [4.69, 9.17) is 4.74 Å². The van der Waals surface area contributed by atoms with Crippen molar-refractivity contribution in [1.82, 2.24) is 5.32 Å². The Labute approximate surface area is 96.8 Å². The molecule has 1 rings (SSSR count). The zero-order valence-corrected chi connectivity index (χ0v) is 10.2. The molecule has 0 aliphatic carbocycles. The number of hydrogen-bond acceptors (Lipinski definition) is 2. The molecule has 0 aliphatic rings. The van der Waals surface area contributed by atoms with E-state index in [0.29, 0.717) is 11.3 Å². The molecule has 1 atom stereocenters. The van der Waals surface area contributed by atoms with Crippen molar-refractivity contribution in [2.24, 2.45) is 0 Å². The van der Waals surface area contributed by atoms with Crippen molar-refractivity contribution >= 4 is 0 Å². The number of ether oxygens (including phenoxy) is 1. The Bertz CT molecular complexity index is 328. The van der Waals surface area contributed by atoms with Crippen LogP contribution in [-0.4, -0.2) is 13.7 Å². The summed E-state index contributed by atoms with van der Waals surface area (Å²) in [4.78, 5) is 0. The van der Waals surface area contributed by atoms with Gasteiger partial charge in [-0.05, 0) is 26.0 Å². The first kappa shape index (κ1) is 13.0. The summed E-state index contributed by atoms with van der Waals surface area (Å²) in [6.45, 7) is 5.03. The summed E-state index contributed by atoms with van der Waals surface area (Å²) in [5.41, 5.74) is 0.692. The Morgan fingerprint density at radius 2 is 2.19 bits per heavy atom. The smallest absolute Gasteiger partial charge is 0.131 e. The first-order chi connectivity index (χ1) is 7.69. The van der Waals surface area contributed by atoms with Crippen LogP contribution in [0, 0.1) is 5.82 Å². The van der Waals surface area contributed by atoms with Gasteiger partial charge in [0, 0.05) is 17.7 Å². The van der Waals surface area contributed by atoms with Crippen LogP contribution in [0.2, 0.25) is 0 Å². The average molecular weight is 225 g/mol. The molecule has 1 unspecified atom stereocenters. The van der Waals surface area contributed by atoms with Gasteiger partial charge in [0.05, 0.1) is 7.11 Å². The standard InChI is InChI=1S/C13H20FNO/c1-4-5-8-15-10(2)12-7-6-11(16-3)9-13(12)14/h6-7,9-10,15H,4-5,8H2,1-3H3. The highest BCUT2D eigenvalue weighted by Gasteiger charge is 2.10. The molecule has 3 heteroatoms. The van der Waals surface area contributed by atoms with E-state index < -0.39 is 0 Å². The van der Waals surface area contributed by atoms with Crippen LogP contribution in [0.4, 0.5) is 4.39 Å². The van der Waals surface area contributed by atoms with Gasteiger partial charge >= 0.3 is 0 Å². The molecule has 1 aromatic carbocycles. The number of benzene rings is 1. The van der Waals surface area contributed by atoms with E-state index in [9.17, 15) is 4.39 Å². The second-order valence-corrected chi connectivity index (χ2v) is 3.92. The van der Waals surface area contributed by atoms with Gasteiger partial charge in [0.1, 0.15) is 11.6 Å². The number of rotatable bonds is 6. The number of unbranched alkanes of at least 4 members (excludes halogenated alkanes) is 1. The minimum Gasteiger partial charge on any atom is -0.497 e. The molecule has 0 bridgehead atoms. The summed E-state index contributed by atoms with van der Waals surface area (Å²) < 4.78 is 18.6. The molecule has 0 spiro atoms. The second kappa shape index (κ2) is 6.48. The fourth-order valence-corrected chi connectivity index (χ4v) is 1.59. The third-order valence-corrected chi connectivity index (χ3v) is 2.65. The van der Waals surface area contributed by atoms with Crippen LogP contribution in [-0.2, 0) is 0 Å². The van der Waals surface area contributed by atoms with Gasteiger partial charge in [-0.1, -0.05) is 19.4 Å². The summed E-state index contributed by atoms with van der Waals surface area (Å²) in [6.07, 6.45) is 2.26. The first-order valence-electron chi connectivity index (χ1n) is 5.75. The number of methoxy groups -OCH3 is 1. The first-order valence-corrected chi connectivity index (χ1v) is 5.75. The van der Waals surface area contributed by atoms with Crippen molar-refractivity contribution in [3.63, 3.8) is 0 Å². The Morgan fingerprint density at radius 1 is 1.44 bits per heavy atom. The van der Waals surface area contributed by atoms with E-state index in [1.807, 2.05) is 6.92 Å². The largest absolute Gasteiger partial charge is 0.497 e. The normalized spacial score (nSPS) is 12.5. The molecule has 16 heavy (non-hydrogen) atoms. The maximum absolute atomic E-state index is 13.7. The number of hydrogen-bond donors (Lipinski definition) is 1. The topological polar surface area (TPSA) is 21.3 Å². The van der Waals surface area contributed by atoms with E-state index in [0.717, 1.165) is 19.4 Å².